The van der Waals surface area contributed by atoms with Crippen LogP contribution in [0.15, 0.2) is 109 Å². The summed E-state index contributed by atoms with van der Waals surface area (Å²) in [4.78, 5) is 27.3. The molecule has 0 aromatic heterocycles. The molecule has 0 atom stereocenters. The van der Waals surface area contributed by atoms with Gasteiger partial charge >= 0.3 is 32.5 Å². The lowest BCUT2D eigenvalue weighted by Crippen LogP contribution is -2.59. The van der Waals surface area contributed by atoms with Gasteiger partial charge in [-0.25, -0.2) is 19.0 Å². The lowest BCUT2D eigenvalue weighted by Gasteiger charge is -2.34. The number of hydrazine groups is 1. The number of urea groups is 2. The Bertz CT molecular complexity index is 1750. The molecule has 218 valence electrons. The molecule has 0 aliphatic rings. The molecule has 0 saturated carbocycles. The Labute approximate surface area is 244 Å². The molecule has 4 amide bonds. The maximum absolute atomic E-state index is 13.7. The molecule has 4 N–H and O–H groups in total. The monoisotopic (exact) mass is 608 g/mol. The fourth-order valence-electron chi connectivity index (χ4n) is 3.71. The SMILES string of the molecule is Cc1ccc(NS(=O)(=O)NC(=O)N(c2ccc(C)cc2)N(C(=O)NS(=O)(=O)Nc2ccccc2)c2ccccc2)cc1. The lowest BCUT2D eigenvalue weighted by molar-refractivity contribution is 0.242. The van der Waals surface area contributed by atoms with Crippen molar-refractivity contribution in [2.45, 2.75) is 13.8 Å². The highest BCUT2D eigenvalue weighted by Crippen LogP contribution is 2.24. The Morgan fingerprint density at radius 2 is 0.857 bits per heavy atom. The van der Waals surface area contributed by atoms with Crippen molar-refractivity contribution in [3.05, 3.63) is 120 Å². The highest BCUT2D eigenvalue weighted by Gasteiger charge is 2.33. The molecule has 0 saturated heterocycles. The number of carbonyl (C=O) groups is 2. The van der Waals surface area contributed by atoms with Crippen LogP contribution < -0.4 is 28.9 Å². The highest BCUT2D eigenvalue weighted by molar-refractivity contribution is 7.91. The van der Waals surface area contributed by atoms with E-state index in [1.165, 1.54) is 48.5 Å². The third kappa shape index (κ3) is 7.99. The van der Waals surface area contributed by atoms with Gasteiger partial charge in [0.25, 0.3) is 0 Å². The lowest BCUT2D eigenvalue weighted by atomic mass is 10.2. The van der Waals surface area contributed by atoms with Crippen LogP contribution in [-0.2, 0) is 20.4 Å². The molecule has 0 spiro atoms. The number of rotatable bonds is 8. The topological polar surface area (TPSA) is 157 Å². The Hall–Kier alpha value is -5.08. The molecule has 0 heterocycles. The van der Waals surface area contributed by atoms with Crippen molar-refractivity contribution in [2.75, 3.05) is 19.5 Å². The first-order valence-corrected chi connectivity index (χ1v) is 15.4. The average molecular weight is 609 g/mol. The third-order valence-corrected chi connectivity index (χ3v) is 7.53. The fourth-order valence-corrected chi connectivity index (χ4v) is 5.34. The number of carbonyl (C=O) groups excluding carboxylic acids is 2. The summed E-state index contributed by atoms with van der Waals surface area (Å²) in [5.74, 6) is 0. The van der Waals surface area contributed by atoms with Crippen LogP contribution in [0.4, 0.5) is 32.3 Å². The second-order valence-corrected chi connectivity index (χ2v) is 11.9. The fraction of sp³-hybridized carbons (Fsp3) is 0.0714. The van der Waals surface area contributed by atoms with Crippen molar-refractivity contribution in [3.63, 3.8) is 0 Å². The van der Waals surface area contributed by atoms with E-state index < -0.39 is 32.5 Å². The molecule has 0 fully saturated rings. The van der Waals surface area contributed by atoms with E-state index in [4.69, 9.17) is 0 Å². The molecule has 0 aliphatic carbocycles. The summed E-state index contributed by atoms with van der Waals surface area (Å²) in [6.07, 6.45) is 0. The van der Waals surface area contributed by atoms with E-state index in [-0.39, 0.29) is 22.7 Å². The minimum Gasteiger partial charge on any atom is -0.267 e. The first-order valence-electron chi connectivity index (χ1n) is 12.4. The summed E-state index contributed by atoms with van der Waals surface area (Å²) in [6.45, 7) is 3.63. The zero-order valence-corrected chi connectivity index (χ0v) is 24.2. The predicted octanol–water partition coefficient (Wildman–Crippen LogP) is 4.66. The van der Waals surface area contributed by atoms with E-state index in [1.807, 2.05) is 16.4 Å². The zero-order chi connectivity index (χ0) is 30.3. The van der Waals surface area contributed by atoms with Crippen LogP contribution in [0.5, 0.6) is 0 Å². The molecule has 0 radical (unpaired) electrons. The molecule has 42 heavy (non-hydrogen) atoms. The average Bonchev–Trinajstić information content (AvgIpc) is 2.93. The summed E-state index contributed by atoms with van der Waals surface area (Å²) < 4.78 is 59.9. The van der Waals surface area contributed by atoms with Gasteiger partial charge in [-0.3, -0.25) is 9.44 Å². The van der Waals surface area contributed by atoms with Gasteiger partial charge < -0.3 is 0 Å². The quantitative estimate of drug-likeness (QED) is 0.213. The normalized spacial score (nSPS) is 11.2. The van der Waals surface area contributed by atoms with E-state index in [0.717, 1.165) is 16.1 Å². The van der Waals surface area contributed by atoms with E-state index in [0.29, 0.717) is 5.01 Å². The smallest absolute Gasteiger partial charge is 0.267 e. The molecule has 4 aromatic carbocycles. The summed E-state index contributed by atoms with van der Waals surface area (Å²) in [5, 5.41) is 1.43. The number of hydrogen-bond donors (Lipinski definition) is 4. The largest absolute Gasteiger partial charge is 0.356 e. The van der Waals surface area contributed by atoms with Crippen molar-refractivity contribution in [2.24, 2.45) is 0 Å². The van der Waals surface area contributed by atoms with Crippen LogP contribution in [0, 0.1) is 13.8 Å². The number of aryl methyl sites for hydroxylation is 2. The molecule has 14 heteroatoms. The third-order valence-electron chi connectivity index (χ3n) is 5.64. The van der Waals surface area contributed by atoms with E-state index >= 15 is 0 Å². The minimum atomic E-state index is -4.51. The van der Waals surface area contributed by atoms with E-state index in [9.17, 15) is 26.4 Å². The van der Waals surface area contributed by atoms with Crippen molar-refractivity contribution < 1.29 is 26.4 Å². The van der Waals surface area contributed by atoms with E-state index in [1.54, 1.807) is 67.6 Å². The number of hydrogen-bond acceptors (Lipinski definition) is 6. The standard InChI is InChI=1S/C28H28N6O6S2/c1-21-13-17-24(18-14-21)30-42(39,40)32-28(36)34(26-19-15-22(2)16-20-26)33(25-11-7-4-8-12-25)27(35)31-41(37,38)29-23-9-5-3-6-10-23/h3-20,29-30H,1-2H3,(H,31,35)(H,32,36). The van der Waals surface area contributed by atoms with Gasteiger partial charge in [0.2, 0.25) is 0 Å². The number of anilines is 4. The highest BCUT2D eigenvalue weighted by atomic mass is 32.2. The van der Waals surface area contributed by atoms with Crippen molar-refractivity contribution in [3.8, 4) is 0 Å². The molecular weight excluding hydrogens is 580 g/mol. The number of amides is 4. The first-order chi connectivity index (χ1) is 19.9. The van der Waals surface area contributed by atoms with Crippen LogP contribution >= 0.6 is 0 Å². The molecular formula is C28H28N6O6S2. The molecule has 4 aromatic rings. The Morgan fingerprint density at radius 3 is 1.31 bits per heavy atom. The molecule has 12 nitrogen and oxygen atoms in total. The van der Waals surface area contributed by atoms with Gasteiger partial charge in [0, 0.05) is 0 Å². The first kappa shape index (κ1) is 29.9. The predicted molar refractivity (Wildman–Crippen MR) is 162 cm³/mol. The second kappa shape index (κ2) is 12.6. The van der Waals surface area contributed by atoms with Crippen molar-refractivity contribution in [1.29, 1.82) is 0 Å². The molecule has 4 rings (SSSR count). The zero-order valence-electron chi connectivity index (χ0n) is 22.6. The number of nitrogens with one attached hydrogen (secondary N) is 4. The number of para-hydroxylation sites is 2. The van der Waals surface area contributed by atoms with Gasteiger partial charge in [0.05, 0.1) is 22.7 Å². The summed E-state index contributed by atoms with van der Waals surface area (Å²) >= 11 is 0. The van der Waals surface area contributed by atoms with Gasteiger partial charge in [-0.05, 0) is 62.4 Å². The van der Waals surface area contributed by atoms with Crippen molar-refractivity contribution in [1.82, 2.24) is 9.44 Å². The summed E-state index contributed by atoms with van der Waals surface area (Å²) in [7, 11) is -9.00. The minimum absolute atomic E-state index is 0.0597. The Morgan fingerprint density at radius 1 is 0.500 bits per heavy atom. The van der Waals surface area contributed by atoms with Crippen LogP contribution in [0.25, 0.3) is 0 Å². The van der Waals surface area contributed by atoms with Gasteiger partial charge in [-0.15, -0.1) is 0 Å². The van der Waals surface area contributed by atoms with Crippen LogP contribution in [0.3, 0.4) is 0 Å². The van der Waals surface area contributed by atoms with Gasteiger partial charge in [0.1, 0.15) is 0 Å². The molecule has 0 aliphatic heterocycles. The molecule has 0 bridgehead atoms. The van der Waals surface area contributed by atoms with Crippen molar-refractivity contribution >= 4 is 55.2 Å². The second-order valence-electron chi connectivity index (χ2n) is 9.05. The Balaban J connectivity index is 1.71. The number of nitrogens with zero attached hydrogens (tertiary/aromatic N) is 2. The van der Waals surface area contributed by atoms with Crippen LogP contribution in [-0.4, -0.2) is 28.9 Å². The van der Waals surface area contributed by atoms with Gasteiger partial charge in [0.15, 0.2) is 0 Å². The maximum Gasteiger partial charge on any atom is 0.356 e. The van der Waals surface area contributed by atoms with Crippen LogP contribution in [0.1, 0.15) is 11.1 Å². The summed E-state index contributed by atoms with van der Waals surface area (Å²) in [6, 6.07) is 25.6. The van der Waals surface area contributed by atoms with E-state index in [2.05, 4.69) is 9.44 Å². The molecule has 0 unspecified atom stereocenters. The van der Waals surface area contributed by atoms with Gasteiger partial charge in [-0.1, -0.05) is 71.8 Å². The van der Waals surface area contributed by atoms with Crippen LogP contribution in [0.2, 0.25) is 0 Å². The van der Waals surface area contributed by atoms with Gasteiger partial charge in [-0.2, -0.15) is 26.9 Å². The number of benzene rings is 4. The Kier molecular flexibility index (Phi) is 8.98. The maximum atomic E-state index is 13.7. The summed E-state index contributed by atoms with van der Waals surface area (Å²) in [5.41, 5.74) is 2.22.